The number of methoxy groups -OCH3 is 1. The molecule has 3 fully saturated rings. The van der Waals surface area contributed by atoms with Gasteiger partial charge >= 0.3 is 0 Å². The summed E-state index contributed by atoms with van der Waals surface area (Å²) < 4.78 is 5.45. The van der Waals surface area contributed by atoms with Crippen LogP contribution in [0.2, 0.25) is 0 Å². The van der Waals surface area contributed by atoms with Crippen LogP contribution in [-0.4, -0.2) is 37.7 Å². The van der Waals surface area contributed by atoms with Crippen molar-refractivity contribution in [3.63, 3.8) is 0 Å². The van der Waals surface area contributed by atoms with E-state index in [4.69, 9.17) is 4.74 Å². The first-order chi connectivity index (χ1) is 9.26. The Bertz CT molecular complexity index is 438. The molecule has 2 bridgehead atoms. The van der Waals surface area contributed by atoms with E-state index in [1.165, 1.54) is 43.6 Å². The minimum Gasteiger partial charge on any atom is -0.496 e. The average Bonchev–Trinajstić information content (AvgIpc) is 2.46. The minimum absolute atomic E-state index is 0.660. The quantitative estimate of drug-likeness (QED) is 0.898. The van der Waals surface area contributed by atoms with Crippen LogP contribution in [0, 0.1) is 12.8 Å². The lowest BCUT2D eigenvalue weighted by Crippen LogP contribution is -2.55. The van der Waals surface area contributed by atoms with E-state index in [2.05, 4.69) is 35.3 Å². The van der Waals surface area contributed by atoms with Crippen molar-refractivity contribution in [1.82, 2.24) is 10.2 Å². The maximum Gasteiger partial charge on any atom is 0.123 e. The summed E-state index contributed by atoms with van der Waals surface area (Å²) in [6, 6.07) is 7.07. The van der Waals surface area contributed by atoms with E-state index in [1.54, 1.807) is 7.11 Å². The molecule has 0 aliphatic carbocycles. The Kier molecular flexibility index (Phi) is 3.76. The van der Waals surface area contributed by atoms with Gasteiger partial charge in [-0.05, 0) is 44.8 Å². The molecule has 0 spiro atoms. The highest BCUT2D eigenvalue weighted by Crippen LogP contribution is 2.28. The van der Waals surface area contributed by atoms with Crippen LogP contribution in [0.1, 0.15) is 24.0 Å². The summed E-state index contributed by atoms with van der Waals surface area (Å²) >= 11 is 0. The highest BCUT2D eigenvalue weighted by molar-refractivity contribution is 5.36. The van der Waals surface area contributed by atoms with Gasteiger partial charge in [0.25, 0.3) is 0 Å². The third-order valence-corrected chi connectivity index (χ3v) is 4.65. The van der Waals surface area contributed by atoms with E-state index in [-0.39, 0.29) is 0 Å². The molecule has 1 atom stereocenters. The number of hydrogen-bond acceptors (Lipinski definition) is 3. The van der Waals surface area contributed by atoms with Crippen molar-refractivity contribution in [3.8, 4) is 5.75 Å². The van der Waals surface area contributed by atoms with Gasteiger partial charge in [-0.3, -0.25) is 0 Å². The van der Waals surface area contributed by atoms with Crippen LogP contribution < -0.4 is 10.1 Å². The Labute approximate surface area is 115 Å². The fraction of sp³-hybridized carbons (Fsp3) is 0.625. The Balaban J connectivity index is 1.64. The number of nitrogens with zero attached hydrogens (tertiary/aromatic N) is 1. The van der Waals surface area contributed by atoms with Gasteiger partial charge in [0.1, 0.15) is 5.75 Å². The molecule has 19 heavy (non-hydrogen) atoms. The highest BCUT2D eigenvalue weighted by atomic mass is 16.5. The lowest BCUT2D eigenvalue weighted by molar-refractivity contribution is 0.0719. The van der Waals surface area contributed by atoms with Crippen LogP contribution in [0.5, 0.6) is 5.75 Å². The zero-order valence-electron chi connectivity index (χ0n) is 12.0. The third kappa shape index (κ3) is 2.77. The molecule has 4 rings (SSSR count). The van der Waals surface area contributed by atoms with Gasteiger partial charge in [0.2, 0.25) is 0 Å². The van der Waals surface area contributed by atoms with Crippen molar-refractivity contribution in [3.05, 3.63) is 29.3 Å². The average molecular weight is 260 g/mol. The van der Waals surface area contributed by atoms with Crippen molar-refractivity contribution in [1.29, 1.82) is 0 Å². The highest BCUT2D eigenvalue weighted by Gasteiger charge is 2.33. The molecule has 104 valence electrons. The second-order valence-electron chi connectivity index (χ2n) is 5.94. The van der Waals surface area contributed by atoms with Crippen molar-refractivity contribution in [2.24, 2.45) is 5.92 Å². The first-order valence-electron chi connectivity index (χ1n) is 7.35. The predicted octanol–water partition coefficient (Wildman–Crippen LogP) is 2.19. The number of fused-ring (bicyclic) bond motifs is 3. The number of ether oxygens (including phenoxy) is 1. The van der Waals surface area contributed by atoms with Gasteiger partial charge in [-0.2, -0.15) is 0 Å². The molecule has 0 radical (unpaired) electrons. The number of nitrogens with one attached hydrogen (secondary N) is 1. The lowest BCUT2D eigenvalue weighted by Gasteiger charge is -2.45. The van der Waals surface area contributed by atoms with Crippen molar-refractivity contribution in [2.75, 3.05) is 26.7 Å². The fourth-order valence-electron chi connectivity index (χ4n) is 3.48. The van der Waals surface area contributed by atoms with E-state index in [1.807, 2.05) is 0 Å². The largest absolute Gasteiger partial charge is 0.496 e. The second kappa shape index (κ2) is 5.51. The molecule has 1 aromatic carbocycles. The van der Waals surface area contributed by atoms with Crippen LogP contribution in [-0.2, 0) is 6.54 Å². The molecule has 1 aromatic rings. The maximum absolute atomic E-state index is 5.45. The molecule has 1 unspecified atom stereocenters. The number of benzene rings is 1. The van der Waals surface area contributed by atoms with Crippen LogP contribution in [0.3, 0.4) is 0 Å². The monoisotopic (exact) mass is 260 g/mol. The SMILES string of the molecule is COc1ccc(C)cc1CNC1CN2CCC1CC2. The van der Waals surface area contributed by atoms with Gasteiger partial charge in [0.15, 0.2) is 0 Å². The molecule has 0 saturated carbocycles. The zero-order valence-corrected chi connectivity index (χ0v) is 12.0. The number of hydrogen-bond donors (Lipinski definition) is 1. The molecule has 3 heteroatoms. The summed E-state index contributed by atoms with van der Waals surface area (Å²) in [4.78, 5) is 2.59. The van der Waals surface area contributed by atoms with Crippen LogP contribution in [0.4, 0.5) is 0 Å². The van der Waals surface area contributed by atoms with E-state index in [9.17, 15) is 0 Å². The van der Waals surface area contributed by atoms with Gasteiger partial charge < -0.3 is 15.0 Å². The summed E-state index contributed by atoms with van der Waals surface area (Å²) in [5.74, 6) is 1.88. The second-order valence-corrected chi connectivity index (χ2v) is 5.94. The fourth-order valence-corrected chi connectivity index (χ4v) is 3.48. The zero-order chi connectivity index (χ0) is 13.2. The Morgan fingerprint density at radius 1 is 1.32 bits per heavy atom. The minimum atomic E-state index is 0.660. The van der Waals surface area contributed by atoms with Gasteiger partial charge in [-0.15, -0.1) is 0 Å². The topological polar surface area (TPSA) is 24.5 Å². The molecule has 3 heterocycles. The molecule has 1 N–H and O–H groups in total. The Hall–Kier alpha value is -1.06. The smallest absolute Gasteiger partial charge is 0.123 e. The predicted molar refractivity (Wildman–Crippen MR) is 77.5 cm³/mol. The summed E-state index contributed by atoms with van der Waals surface area (Å²) in [5.41, 5.74) is 2.57. The molecule has 3 saturated heterocycles. The lowest BCUT2D eigenvalue weighted by atomic mass is 9.84. The Morgan fingerprint density at radius 2 is 2.11 bits per heavy atom. The van der Waals surface area contributed by atoms with Gasteiger partial charge in [0, 0.05) is 24.7 Å². The molecule has 3 aliphatic heterocycles. The van der Waals surface area contributed by atoms with Gasteiger partial charge in [-0.1, -0.05) is 17.7 Å². The van der Waals surface area contributed by atoms with Crippen molar-refractivity contribution >= 4 is 0 Å². The van der Waals surface area contributed by atoms with Gasteiger partial charge in [0.05, 0.1) is 7.11 Å². The summed E-state index contributed by atoms with van der Waals surface area (Å²) in [6.45, 7) is 6.88. The van der Waals surface area contributed by atoms with E-state index in [0.29, 0.717) is 6.04 Å². The van der Waals surface area contributed by atoms with Gasteiger partial charge in [-0.25, -0.2) is 0 Å². The maximum atomic E-state index is 5.45. The molecule has 0 amide bonds. The molecule has 0 aromatic heterocycles. The summed E-state index contributed by atoms with van der Waals surface area (Å²) in [6.07, 6.45) is 2.73. The number of piperidine rings is 3. The summed E-state index contributed by atoms with van der Waals surface area (Å²) in [5, 5.41) is 3.75. The first kappa shape index (κ1) is 12.9. The third-order valence-electron chi connectivity index (χ3n) is 4.65. The number of rotatable bonds is 4. The normalized spacial score (nSPS) is 29.5. The van der Waals surface area contributed by atoms with E-state index >= 15 is 0 Å². The molecule has 3 nitrogen and oxygen atoms in total. The van der Waals surface area contributed by atoms with Crippen molar-refractivity contribution in [2.45, 2.75) is 32.4 Å². The molecular formula is C16H24N2O. The standard InChI is InChI=1S/C16H24N2O/c1-12-3-4-16(19-2)14(9-12)10-17-15-11-18-7-5-13(15)6-8-18/h3-4,9,13,15,17H,5-8,10-11H2,1-2H3. The van der Waals surface area contributed by atoms with Crippen LogP contribution in [0.15, 0.2) is 18.2 Å². The molecule has 3 aliphatic rings. The Morgan fingerprint density at radius 3 is 2.74 bits per heavy atom. The molecular weight excluding hydrogens is 236 g/mol. The van der Waals surface area contributed by atoms with E-state index < -0.39 is 0 Å². The first-order valence-corrected chi connectivity index (χ1v) is 7.35. The van der Waals surface area contributed by atoms with Crippen LogP contribution in [0.25, 0.3) is 0 Å². The summed E-state index contributed by atoms with van der Waals surface area (Å²) in [7, 11) is 1.75. The van der Waals surface area contributed by atoms with E-state index in [0.717, 1.165) is 18.2 Å². The van der Waals surface area contributed by atoms with Crippen LogP contribution >= 0.6 is 0 Å². The number of aryl methyl sites for hydroxylation is 1. The van der Waals surface area contributed by atoms with Crippen molar-refractivity contribution < 1.29 is 4.74 Å².